The Balaban J connectivity index is 0.000000763. The lowest BCUT2D eigenvalue weighted by Crippen LogP contribution is -2.10. The molecular formula is C49H65NO10S. The van der Waals surface area contributed by atoms with Crippen LogP contribution in [0.15, 0.2) is 133 Å². The zero-order valence-corrected chi connectivity index (χ0v) is 37.5. The molecule has 0 amide bonds. The van der Waals surface area contributed by atoms with Crippen molar-refractivity contribution in [3.05, 3.63) is 134 Å². The Morgan fingerprint density at radius 1 is 0.689 bits per heavy atom. The number of esters is 2. The molecule has 3 aromatic rings. The molecule has 332 valence electrons. The molecule has 11 nitrogen and oxygen atoms in total. The van der Waals surface area contributed by atoms with E-state index in [1.165, 1.54) is 37.4 Å². The molecule has 0 saturated carbocycles. The number of hydrogen-bond acceptors (Lipinski definition) is 12. The maximum absolute atomic E-state index is 11.1. The number of unbranched alkanes of at least 4 members (excludes halogenated alkanes) is 3. The Bertz CT molecular complexity index is 1730. The summed E-state index contributed by atoms with van der Waals surface area (Å²) in [6, 6.07) is 20.6. The van der Waals surface area contributed by atoms with Crippen LogP contribution in [-0.4, -0.2) is 78.1 Å². The van der Waals surface area contributed by atoms with Crippen molar-refractivity contribution >= 4 is 40.5 Å². The van der Waals surface area contributed by atoms with Crippen molar-refractivity contribution in [3.8, 4) is 17.2 Å². The summed E-state index contributed by atoms with van der Waals surface area (Å²) in [5, 5.41) is 0. The Labute approximate surface area is 368 Å². The molecular weight excluding hydrogens is 795 g/mol. The molecule has 0 spiro atoms. The SMILES string of the molecule is C/C=C/OCCCCCC.C/C=C/OCCCOCC.C=CC(=O)OCCOc1ccc(C=Nc2ccc(SC(=C)c3ccc(OCCOC(=O)C=C)cc3)c(OC)c2)cc1. The Morgan fingerprint density at radius 3 is 1.79 bits per heavy atom. The topological polar surface area (TPSA) is 120 Å². The Morgan fingerprint density at radius 2 is 1.26 bits per heavy atom. The van der Waals surface area contributed by atoms with Gasteiger partial charge in [-0.05, 0) is 86.8 Å². The fourth-order valence-corrected chi connectivity index (χ4v) is 5.50. The van der Waals surface area contributed by atoms with E-state index < -0.39 is 11.9 Å². The summed E-state index contributed by atoms with van der Waals surface area (Å²) < 4.78 is 41.9. The number of thioether (sulfide) groups is 1. The number of benzene rings is 3. The second kappa shape index (κ2) is 36.2. The van der Waals surface area contributed by atoms with Crippen LogP contribution in [0, 0.1) is 0 Å². The molecule has 0 aliphatic rings. The summed E-state index contributed by atoms with van der Waals surface area (Å²) >= 11 is 1.49. The third-order valence-electron chi connectivity index (χ3n) is 7.66. The monoisotopic (exact) mass is 859 g/mol. The molecule has 0 fully saturated rings. The molecule has 0 radical (unpaired) electrons. The van der Waals surface area contributed by atoms with Crippen LogP contribution in [0.5, 0.6) is 17.2 Å². The summed E-state index contributed by atoms with van der Waals surface area (Å²) in [5.41, 5.74) is 2.57. The van der Waals surface area contributed by atoms with Gasteiger partial charge in [0.1, 0.15) is 43.7 Å². The summed E-state index contributed by atoms with van der Waals surface area (Å²) in [6.07, 6.45) is 17.3. The van der Waals surface area contributed by atoms with Gasteiger partial charge in [0.05, 0.1) is 43.4 Å². The van der Waals surface area contributed by atoms with E-state index in [1.807, 2.05) is 99.7 Å². The van der Waals surface area contributed by atoms with Crippen LogP contribution in [0.3, 0.4) is 0 Å². The highest BCUT2D eigenvalue weighted by Crippen LogP contribution is 2.40. The summed E-state index contributed by atoms with van der Waals surface area (Å²) in [5.74, 6) is 1.05. The lowest BCUT2D eigenvalue weighted by Gasteiger charge is -2.12. The molecule has 3 rings (SSSR count). The lowest BCUT2D eigenvalue weighted by molar-refractivity contribution is -0.139. The molecule has 0 heterocycles. The first kappa shape index (κ1) is 53.3. The number of aliphatic imine (C=N–C) groups is 1. The van der Waals surface area contributed by atoms with Crippen LogP contribution in [-0.2, 0) is 33.3 Å². The molecule has 0 unspecified atom stereocenters. The minimum Gasteiger partial charge on any atom is -0.502 e. The summed E-state index contributed by atoms with van der Waals surface area (Å²) in [7, 11) is 1.62. The number of ether oxygens (including phenoxy) is 8. The summed E-state index contributed by atoms with van der Waals surface area (Å²) in [6.45, 7) is 23.0. The maximum atomic E-state index is 11.1. The van der Waals surface area contributed by atoms with Crippen LogP contribution >= 0.6 is 11.8 Å². The minimum absolute atomic E-state index is 0.147. The first-order chi connectivity index (χ1) is 29.7. The van der Waals surface area contributed by atoms with Crippen molar-refractivity contribution < 1.29 is 47.5 Å². The quantitative estimate of drug-likeness (QED) is 0.0173. The van der Waals surface area contributed by atoms with Crippen LogP contribution in [0.4, 0.5) is 5.69 Å². The molecule has 3 aromatic carbocycles. The predicted octanol–water partition coefficient (Wildman–Crippen LogP) is 11.5. The van der Waals surface area contributed by atoms with Crippen molar-refractivity contribution in [3.63, 3.8) is 0 Å². The molecule has 0 saturated heterocycles. The molecule has 0 bridgehead atoms. The average Bonchev–Trinajstić information content (AvgIpc) is 3.29. The maximum Gasteiger partial charge on any atom is 0.330 e. The summed E-state index contributed by atoms with van der Waals surface area (Å²) in [4.78, 5) is 28.4. The van der Waals surface area contributed by atoms with E-state index in [0.717, 1.165) is 71.6 Å². The van der Waals surface area contributed by atoms with Gasteiger partial charge in [-0.25, -0.2) is 9.59 Å². The molecule has 0 aliphatic heterocycles. The third kappa shape index (κ3) is 26.9. The third-order valence-corrected chi connectivity index (χ3v) is 8.70. The van der Waals surface area contributed by atoms with Crippen molar-refractivity contribution in [2.75, 3.05) is 60.0 Å². The molecule has 61 heavy (non-hydrogen) atoms. The minimum atomic E-state index is -0.479. The van der Waals surface area contributed by atoms with Crippen molar-refractivity contribution in [2.45, 2.75) is 64.7 Å². The van der Waals surface area contributed by atoms with Crippen LogP contribution in [0.25, 0.3) is 4.91 Å². The number of nitrogens with zero attached hydrogens (tertiary/aromatic N) is 1. The number of carbonyl (C=O) groups excluding carboxylic acids is 2. The van der Waals surface area contributed by atoms with Gasteiger partial charge in [-0.15, -0.1) is 0 Å². The van der Waals surface area contributed by atoms with E-state index >= 15 is 0 Å². The van der Waals surface area contributed by atoms with Crippen molar-refractivity contribution in [1.82, 2.24) is 0 Å². The largest absolute Gasteiger partial charge is 0.502 e. The number of methoxy groups -OCH3 is 1. The van der Waals surface area contributed by atoms with Gasteiger partial charge in [-0.2, -0.15) is 0 Å². The van der Waals surface area contributed by atoms with Gasteiger partial charge in [-0.1, -0.05) is 82.0 Å². The fraction of sp³-hybridized carbons (Fsp3) is 0.367. The highest BCUT2D eigenvalue weighted by molar-refractivity contribution is 8.08. The first-order valence-corrected chi connectivity index (χ1v) is 21.2. The van der Waals surface area contributed by atoms with Crippen LogP contribution in [0.2, 0.25) is 0 Å². The van der Waals surface area contributed by atoms with Crippen molar-refractivity contribution in [2.24, 2.45) is 4.99 Å². The molecule has 0 aromatic heterocycles. The zero-order chi connectivity index (χ0) is 44.8. The number of hydrogen-bond donors (Lipinski definition) is 0. The molecule has 0 atom stereocenters. The van der Waals surface area contributed by atoms with Crippen LogP contribution in [0.1, 0.15) is 70.9 Å². The highest BCUT2D eigenvalue weighted by atomic mass is 32.2. The first-order valence-electron chi connectivity index (χ1n) is 20.4. The smallest absolute Gasteiger partial charge is 0.330 e. The number of allylic oxidation sites excluding steroid dienone is 2. The van der Waals surface area contributed by atoms with E-state index in [2.05, 4.69) is 31.7 Å². The van der Waals surface area contributed by atoms with E-state index in [0.29, 0.717) is 17.2 Å². The number of rotatable bonds is 28. The average molecular weight is 860 g/mol. The number of carbonyl (C=O) groups is 2. The second-order valence-electron chi connectivity index (χ2n) is 12.4. The fourth-order valence-electron chi connectivity index (χ4n) is 4.60. The second-order valence-corrected chi connectivity index (χ2v) is 13.6. The normalized spacial score (nSPS) is 10.5. The van der Waals surface area contributed by atoms with Gasteiger partial charge in [0.2, 0.25) is 0 Å². The van der Waals surface area contributed by atoms with Gasteiger partial charge in [0, 0.05) is 49.0 Å². The van der Waals surface area contributed by atoms with Crippen LogP contribution < -0.4 is 14.2 Å². The van der Waals surface area contributed by atoms with E-state index in [1.54, 1.807) is 25.8 Å². The Hall–Kier alpha value is -5.72. The highest BCUT2D eigenvalue weighted by Gasteiger charge is 2.09. The van der Waals surface area contributed by atoms with Gasteiger partial charge in [-0.3, -0.25) is 4.99 Å². The van der Waals surface area contributed by atoms with Gasteiger partial charge in [0.15, 0.2) is 0 Å². The molecule has 0 aliphatic carbocycles. The van der Waals surface area contributed by atoms with Crippen molar-refractivity contribution in [1.29, 1.82) is 0 Å². The van der Waals surface area contributed by atoms with E-state index in [9.17, 15) is 9.59 Å². The predicted molar refractivity (Wildman–Crippen MR) is 248 cm³/mol. The zero-order valence-electron chi connectivity index (χ0n) is 36.6. The Kier molecular flexibility index (Phi) is 31.6. The lowest BCUT2D eigenvalue weighted by atomic mass is 10.2. The van der Waals surface area contributed by atoms with Gasteiger partial charge in [0.25, 0.3) is 0 Å². The van der Waals surface area contributed by atoms with E-state index in [4.69, 9.17) is 37.9 Å². The van der Waals surface area contributed by atoms with Gasteiger partial charge < -0.3 is 37.9 Å². The standard InChI is InChI=1S/C32H31NO7S.C9H18O.C8H16O2/c1-5-31(34)39-19-17-37-27-12-7-24(8-13-27)22-33-26-11-16-30(29(21-26)36-4)41-23(3)25-9-14-28(15-10-25)38-18-20-40-32(35)6-2;1-3-5-6-7-9-10-8-4-2;1-3-6-10-8-5-7-9-4-2/h5-16,21-22H,1-3,17-20H2,4H3;4,8H,3,5-7,9H2,1-2H3;3,6H,4-5,7-8H2,1-2H3/b;8-4+;6-3+. The van der Waals surface area contributed by atoms with E-state index in [-0.39, 0.29) is 26.4 Å². The molecule has 0 N–H and O–H groups in total. The van der Waals surface area contributed by atoms with Gasteiger partial charge >= 0.3 is 11.9 Å². The molecule has 12 heteroatoms.